The SMILES string of the molecule is C#CCn1cc(-c2cnc(C(=O)Nc3ccc(C(=O)N4CCN(C(=O)C5CCNCC5)CC4)c(Cl)c3)n2C)c(C(F)(F)F)n1. The van der Waals surface area contributed by atoms with Gasteiger partial charge >= 0.3 is 6.18 Å². The maximum absolute atomic E-state index is 13.6. The molecule has 2 saturated heterocycles. The minimum Gasteiger partial charge on any atom is -0.339 e. The van der Waals surface area contributed by atoms with Crippen LogP contribution in [0.3, 0.4) is 0 Å². The smallest absolute Gasteiger partial charge is 0.339 e. The Morgan fingerprint density at radius 2 is 1.82 bits per heavy atom. The number of nitrogens with zero attached hydrogens (tertiary/aromatic N) is 6. The molecule has 11 nitrogen and oxygen atoms in total. The van der Waals surface area contributed by atoms with Gasteiger partial charge in [0.05, 0.1) is 28.0 Å². The minimum absolute atomic E-state index is 0.0160. The summed E-state index contributed by atoms with van der Waals surface area (Å²) in [7, 11) is 1.41. The van der Waals surface area contributed by atoms with Crippen molar-refractivity contribution in [3.63, 3.8) is 0 Å². The van der Waals surface area contributed by atoms with Crippen LogP contribution in [0.15, 0.2) is 30.6 Å². The molecule has 2 aliphatic rings. The van der Waals surface area contributed by atoms with Crippen molar-refractivity contribution in [1.29, 1.82) is 0 Å². The molecule has 2 aromatic heterocycles. The Labute approximate surface area is 256 Å². The van der Waals surface area contributed by atoms with Crippen molar-refractivity contribution in [2.24, 2.45) is 13.0 Å². The number of hydrogen-bond donors (Lipinski definition) is 2. The fourth-order valence-electron chi connectivity index (χ4n) is 5.44. The number of anilines is 1. The van der Waals surface area contributed by atoms with Crippen LogP contribution in [0, 0.1) is 18.3 Å². The van der Waals surface area contributed by atoms with Crippen molar-refractivity contribution in [3.8, 4) is 23.6 Å². The number of piperazine rings is 1. The van der Waals surface area contributed by atoms with E-state index in [1.807, 2.05) is 4.90 Å². The van der Waals surface area contributed by atoms with Crippen LogP contribution >= 0.6 is 11.6 Å². The van der Waals surface area contributed by atoms with Crippen LogP contribution in [0.5, 0.6) is 0 Å². The van der Waals surface area contributed by atoms with Crippen LogP contribution in [0.2, 0.25) is 5.02 Å². The van der Waals surface area contributed by atoms with Crippen molar-refractivity contribution < 1.29 is 27.6 Å². The number of rotatable bonds is 6. The van der Waals surface area contributed by atoms with Gasteiger partial charge in [-0.15, -0.1) is 6.42 Å². The second-order valence-electron chi connectivity index (χ2n) is 10.6. The lowest BCUT2D eigenvalue weighted by Crippen LogP contribution is -2.52. The van der Waals surface area contributed by atoms with E-state index in [0.717, 1.165) is 43.0 Å². The Hall–Kier alpha value is -4.35. The zero-order valence-electron chi connectivity index (χ0n) is 23.8. The van der Waals surface area contributed by atoms with Gasteiger partial charge in [-0.05, 0) is 44.1 Å². The zero-order valence-corrected chi connectivity index (χ0v) is 24.6. The molecule has 0 bridgehead atoms. The van der Waals surface area contributed by atoms with E-state index >= 15 is 0 Å². The number of nitrogens with one attached hydrogen (secondary N) is 2. The molecule has 232 valence electrons. The largest absolute Gasteiger partial charge is 0.435 e. The van der Waals surface area contributed by atoms with Crippen LogP contribution in [0.25, 0.3) is 11.3 Å². The van der Waals surface area contributed by atoms with Crippen LogP contribution in [-0.2, 0) is 24.6 Å². The van der Waals surface area contributed by atoms with E-state index in [1.54, 1.807) is 4.90 Å². The van der Waals surface area contributed by atoms with Crippen LogP contribution in [0.4, 0.5) is 18.9 Å². The predicted octanol–water partition coefficient (Wildman–Crippen LogP) is 3.13. The number of alkyl halides is 3. The number of piperidine rings is 1. The molecular formula is C29H30ClF3N8O3. The van der Waals surface area contributed by atoms with E-state index in [0.29, 0.717) is 26.2 Å². The summed E-state index contributed by atoms with van der Waals surface area (Å²) < 4.78 is 43.1. The Morgan fingerprint density at radius 1 is 1.14 bits per heavy atom. The molecule has 2 N–H and O–H groups in total. The third-order valence-corrected chi connectivity index (χ3v) is 8.09. The predicted molar refractivity (Wildman–Crippen MR) is 156 cm³/mol. The van der Waals surface area contributed by atoms with Crippen molar-refractivity contribution in [1.82, 2.24) is 34.4 Å². The topological polar surface area (TPSA) is 117 Å². The maximum Gasteiger partial charge on any atom is 0.435 e. The number of carbonyl (C=O) groups excluding carboxylic acids is 3. The molecular weight excluding hydrogens is 601 g/mol. The number of benzene rings is 1. The summed E-state index contributed by atoms with van der Waals surface area (Å²) in [4.78, 5) is 46.6. The number of hydrogen-bond acceptors (Lipinski definition) is 6. The molecule has 0 aliphatic carbocycles. The number of halogens is 4. The van der Waals surface area contributed by atoms with Gasteiger partial charge in [0.15, 0.2) is 11.5 Å². The lowest BCUT2D eigenvalue weighted by atomic mass is 9.96. The van der Waals surface area contributed by atoms with E-state index in [4.69, 9.17) is 18.0 Å². The second kappa shape index (κ2) is 12.7. The summed E-state index contributed by atoms with van der Waals surface area (Å²) in [5, 5.41) is 9.53. The highest BCUT2D eigenvalue weighted by Crippen LogP contribution is 2.36. The summed E-state index contributed by atoms with van der Waals surface area (Å²) in [5.41, 5.74) is -0.905. The van der Waals surface area contributed by atoms with Gasteiger partial charge in [0.25, 0.3) is 11.8 Å². The van der Waals surface area contributed by atoms with E-state index < -0.39 is 17.8 Å². The molecule has 15 heteroatoms. The Bertz CT molecular complexity index is 1610. The van der Waals surface area contributed by atoms with Crippen molar-refractivity contribution in [3.05, 3.63) is 52.7 Å². The Morgan fingerprint density at radius 3 is 2.45 bits per heavy atom. The molecule has 44 heavy (non-hydrogen) atoms. The molecule has 0 spiro atoms. The fourth-order valence-corrected chi connectivity index (χ4v) is 5.71. The average molecular weight is 631 g/mol. The summed E-state index contributed by atoms with van der Waals surface area (Å²) in [6.07, 6.45) is 4.40. The third kappa shape index (κ3) is 6.44. The normalized spacial score (nSPS) is 16.1. The highest BCUT2D eigenvalue weighted by molar-refractivity contribution is 6.34. The van der Waals surface area contributed by atoms with E-state index in [2.05, 4.69) is 26.6 Å². The van der Waals surface area contributed by atoms with E-state index in [9.17, 15) is 27.6 Å². The first-order valence-electron chi connectivity index (χ1n) is 14.0. The van der Waals surface area contributed by atoms with Gasteiger partial charge < -0.3 is 25.0 Å². The quantitative estimate of drug-likeness (QED) is 0.405. The number of imidazole rings is 1. The molecule has 5 rings (SSSR count). The first-order valence-corrected chi connectivity index (χ1v) is 14.4. The minimum atomic E-state index is -4.75. The molecule has 3 aromatic rings. The van der Waals surface area contributed by atoms with Gasteiger partial charge in [0.2, 0.25) is 5.91 Å². The monoisotopic (exact) mass is 630 g/mol. The maximum atomic E-state index is 13.6. The average Bonchev–Trinajstić information content (AvgIpc) is 3.60. The lowest BCUT2D eigenvalue weighted by Gasteiger charge is -2.37. The van der Waals surface area contributed by atoms with Crippen LogP contribution in [0.1, 0.15) is 39.5 Å². The molecule has 0 atom stereocenters. The molecule has 1 aromatic carbocycles. The van der Waals surface area contributed by atoms with Crippen molar-refractivity contribution in [2.75, 3.05) is 44.6 Å². The molecule has 4 heterocycles. The molecule has 0 radical (unpaired) electrons. The number of terminal acetylenes is 1. The van der Waals surface area contributed by atoms with Gasteiger partial charge in [-0.2, -0.15) is 18.3 Å². The molecule has 0 saturated carbocycles. The zero-order chi connectivity index (χ0) is 31.6. The Balaban J connectivity index is 1.24. The van der Waals surface area contributed by atoms with E-state index in [1.165, 1.54) is 29.8 Å². The molecule has 0 unspecified atom stereocenters. The van der Waals surface area contributed by atoms with Gasteiger partial charge in [-0.3, -0.25) is 19.1 Å². The fraction of sp³-hybridized carbons (Fsp3) is 0.414. The van der Waals surface area contributed by atoms with Gasteiger partial charge in [-0.25, -0.2) is 4.98 Å². The summed E-state index contributed by atoms with van der Waals surface area (Å²) in [5.74, 6) is 1.24. The first kappa shape index (κ1) is 31.1. The van der Waals surface area contributed by atoms with E-state index in [-0.39, 0.29) is 57.6 Å². The van der Waals surface area contributed by atoms with Crippen molar-refractivity contribution >= 4 is 35.0 Å². The van der Waals surface area contributed by atoms with Gasteiger partial charge in [-0.1, -0.05) is 17.5 Å². The third-order valence-electron chi connectivity index (χ3n) is 7.78. The van der Waals surface area contributed by atoms with Crippen LogP contribution < -0.4 is 10.6 Å². The lowest BCUT2D eigenvalue weighted by molar-refractivity contribution is -0.141. The highest BCUT2D eigenvalue weighted by atomic mass is 35.5. The molecule has 3 amide bonds. The van der Waals surface area contributed by atoms with Gasteiger partial charge in [0, 0.05) is 51.0 Å². The number of carbonyl (C=O) groups is 3. The summed E-state index contributed by atoms with van der Waals surface area (Å²) in [6, 6.07) is 4.41. The highest BCUT2D eigenvalue weighted by Gasteiger charge is 2.38. The van der Waals surface area contributed by atoms with Crippen molar-refractivity contribution in [2.45, 2.75) is 25.6 Å². The standard InChI is InChI=1S/C29H30ClF3N8O3/c1-3-10-41-17-21(24(37-41)29(31,32)33)23-16-35-25(38(23)2)26(42)36-19-4-5-20(22(30)15-19)28(44)40-13-11-39(12-14-40)27(43)18-6-8-34-9-7-18/h1,4-5,15-18,34H,6-14H2,2H3,(H,36,42). The van der Waals surface area contributed by atoms with Gasteiger partial charge in [0.1, 0.15) is 6.54 Å². The number of amides is 3. The molecule has 2 aliphatic heterocycles. The molecule has 2 fully saturated rings. The Kier molecular flexibility index (Phi) is 8.98. The number of aromatic nitrogens is 4. The van der Waals surface area contributed by atoms with Crippen LogP contribution in [-0.4, -0.2) is 86.1 Å². The summed E-state index contributed by atoms with van der Waals surface area (Å²) in [6.45, 7) is 3.14. The second-order valence-corrected chi connectivity index (χ2v) is 11.0. The first-order chi connectivity index (χ1) is 21.0. The summed E-state index contributed by atoms with van der Waals surface area (Å²) >= 11 is 6.44.